The summed E-state index contributed by atoms with van der Waals surface area (Å²) in [5, 5.41) is 0.990. The summed E-state index contributed by atoms with van der Waals surface area (Å²) in [4.78, 5) is 22.3. The Labute approximate surface area is 145 Å². The zero-order valence-electron chi connectivity index (χ0n) is 14.2. The first-order valence-corrected chi connectivity index (χ1v) is 7.85. The number of fused-ring (bicyclic) bond motifs is 1. The molecule has 0 unspecified atom stereocenters. The molecule has 2 aromatic heterocycles. The van der Waals surface area contributed by atoms with E-state index < -0.39 is 0 Å². The number of para-hydroxylation sites is 1. The Kier molecular flexibility index (Phi) is 4.79. The summed E-state index contributed by atoms with van der Waals surface area (Å²) in [5.41, 5.74) is 1.92. The van der Waals surface area contributed by atoms with Gasteiger partial charge in [0.05, 0.1) is 0 Å². The van der Waals surface area contributed by atoms with E-state index in [1.165, 1.54) is 6.26 Å². The first-order valence-electron chi connectivity index (χ1n) is 7.85. The maximum Gasteiger partial charge on any atom is 0.275 e. The molecule has 3 rings (SSSR count). The van der Waals surface area contributed by atoms with Gasteiger partial charge >= 0.3 is 0 Å². The maximum atomic E-state index is 12.3. The van der Waals surface area contributed by atoms with Crippen molar-refractivity contribution in [3.8, 4) is 5.75 Å². The van der Waals surface area contributed by atoms with Gasteiger partial charge in [-0.05, 0) is 19.1 Å². The molecular weight excluding hydrogens is 318 g/mol. The number of nitrogens with zero attached hydrogens (tertiary/aromatic N) is 3. The second-order valence-electron chi connectivity index (χ2n) is 5.86. The highest BCUT2D eigenvalue weighted by Gasteiger charge is 2.17. The van der Waals surface area contributed by atoms with E-state index >= 15 is 0 Å². The number of oxazole rings is 1. The second-order valence-corrected chi connectivity index (χ2v) is 5.86. The van der Waals surface area contributed by atoms with Crippen molar-refractivity contribution < 1.29 is 13.9 Å². The molecule has 6 nitrogen and oxygen atoms in total. The van der Waals surface area contributed by atoms with Crippen LogP contribution in [0.3, 0.4) is 0 Å². The van der Waals surface area contributed by atoms with Crippen molar-refractivity contribution in [2.75, 3.05) is 13.6 Å². The van der Waals surface area contributed by atoms with E-state index in [0.717, 1.165) is 16.5 Å². The van der Waals surface area contributed by atoms with Crippen molar-refractivity contribution in [2.24, 2.45) is 0 Å². The van der Waals surface area contributed by atoms with Crippen LogP contribution in [0.4, 0.5) is 0 Å². The number of carbonyl (C=O) groups excluding carboxylic acids is 1. The Hall–Kier alpha value is -3.15. The summed E-state index contributed by atoms with van der Waals surface area (Å²) in [6, 6.07) is 9.55. The second kappa shape index (κ2) is 7.17. The highest BCUT2D eigenvalue weighted by atomic mass is 16.5. The molecule has 0 aliphatic heterocycles. The molecule has 0 saturated heterocycles. The quantitative estimate of drug-likeness (QED) is 0.644. The largest absolute Gasteiger partial charge is 0.482 e. The zero-order valence-corrected chi connectivity index (χ0v) is 14.2. The number of carbonyl (C=O) groups is 1. The van der Waals surface area contributed by atoms with E-state index in [2.05, 4.69) is 16.5 Å². The number of rotatable bonds is 6. The molecule has 3 aromatic rings. The van der Waals surface area contributed by atoms with Crippen LogP contribution >= 0.6 is 0 Å². The van der Waals surface area contributed by atoms with Gasteiger partial charge in [0, 0.05) is 25.2 Å². The summed E-state index contributed by atoms with van der Waals surface area (Å²) in [6.45, 7) is 6.26. The lowest BCUT2D eigenvalue weighted by Crippen LogP contribution is -2.28. The van der Waals surface area contributed by atoms with E-state index in [0.29, 0.717) is 18.2 Å². The average molecular weight is 337 g/mol. The predicted octanol–water partition coefficient (Wildman–Crippen LogP) is 3.45. The molecule has 0 saturated carbocycles. The highest BCUT2D eigenvalue weighted by molar-refractivity contribution is 5.92. The summed E-state index contributed by atoms with van der Waals surface area (Å²) < 4.78 is 11.1. The third-order valence-corrected chi connectivity index (χ3v) is 3.57. The van der Waals surface area contributed by atoms with Crippen LogP contribution in [0.15, 0.2) is 59.4 Å². The summed E-state index contributed by atoms with van der Waals surface area (Å²) in [5.74, 6) is 0.758. The van der Waals surface area contributed by atoms with E-state index in [1.807, 2.05) is 37.3 Å². The van der Waals surface area contributed by atoms with Gasteiger partial charge in [-0.15, -0.1) is 0 Å². The van der Waals surface area contributed by atoms with E-state index in [1.54, 1.807) is 18.1 Å². The molecule has 0 radical (unpaired) electrons. The number of likely N-dealkylation sites (N-methyl/N-ethyl adjacent to an activating group) is 1. The average Bonchev–Trinajstić information content (AvgIpc) is 3.07. The number of amides is 1. The van der Waals surface area contributed by atoms with Crippen molar-refractivity contribution in [1.82, 2.24) is 14.9 Å². The smallest absolute Gasteiger partial charge is 0.275 e. The molecule has 25 heavy (non-hydrogen) atoms. The number of hydrogen-bond donors (Lipinski definition) is 0. The SMILES string of the molecule is C=C(C)CN(C)C(=O)c1coc(COc2cccc3cccnc23)n1. The minimum Gasteiger partial charge on any atom is -0.482 e. The van der Waals surface area contributed by atoms with E-state index in [-0.39, 0.29) is 18.2 Å². The van der Waals surface area contributed by atoms with E-state index in [9.17, 15) is 4.79 Å². The van der Waals surface area contributed by atoms with Crippen molar-refractivity contribution in [3.05, 3.63) is 66.5 Å². The fourth-order valence-electron chi connectivity index (χ4n) is 2.48. The number of aromatic nitrogens is 2. The topological polar surface area (TPSA) is 68.5 Å². The van der Waals surface area contributed by atoms with Gasteiger partial charge in [0.15, 0.2) is 12.3 Å². The summed E-state index contributed by atoms with van der Waals surface area (Å²) >= 11 is 0. The Morgan fingerprint density at radius 3 is 2.92 bits per heavy atom. The van der Waals surface area contributed by atoms with Crippen molar-refractivity contribution in [1.29, 1.82) is 0 Å². The standard InChI is InChI=1S/C19H19N3O3/c1-13(2)10-22(3)19(23)15-11-25-17(21-15)12-24-16-8-4-6-14-7-5-9-20-18(14)16/h4-9,11H,1,10,12H2,2-3H3. The van der Waals surface area contributed by atoms with Gasteiger partial charge in [0.25, 0.3) is 5.91 Å². The molecule has 0 aliphatic rings. The normalized spacial score (nSPS) is 10.6. The van der Waals surface area contributed by atoms with Crippen LogP contribution in [0.25, 0.3) is 10.9 Å². The van der Waals surface area contributed by atoms with Crippen LogP contribution in [0.2, 0.25) is 0 Å². The lowest BCUT2D eigenvalue weighted by atomic mass is 10.2. The number of pyridine rings is 1. The van der Waals surface area contributed by atoms with Gasteiger partial charge in [-0.2, -0.15) is 0 Å². The van der Waals surface area contributed by atoms with Gasteiger partial charge in [0.1, 0.15) is 17.5 Å². The van der Waals surface area contributed by atoms with E-state index in [4.69, 9.17) is 9.15 Å². The van der Waals surface area contributed by atoms with Crippen LogP contribution in [-0.2, 0) is 6.61 Å². The van der Waals surface area contributed by atoms with Gasteiger partial charge < -0.3 is 14.1 Å². The summed E-state index contributed by atoms with van der Waals surface area (Å²) in [7, 11) is 1.70. The molecule has 0 atom stereocenters. The molecule has 2 heterocycles. The molecule has 128 valence electrons. The van der Waals surface area contributed by atoms with Crippen LogP contribution in [0.5, 0.6) is 5.75 Å². The van der Waals surface area contributed by atoms with Crippen molar-refractivity contribution in [3.63, 3.8) is 0 Å². The van der Waals surface area contributed by atoms with Gasteiger partial charge in [-0.1, -0.05) is 30.4 Å². The Morgan fingerprint density at radius 2 is 2.12 bits per heavy atom. The zero-order chi connectivity index (χ0) is 17.8. The van der Waals surface area contributed by atoms with Crippen molar-refractivity contribution in [2.45, 2.75) is 13.5 Å². The lowest BCUT2D eigenvalue weighted by molar-refractivity contribution is 0.0801. The Balaban J connectivity index is 1.69. The first-order chi connectivity index (χ1) is 12.0. The maximum absolute atomic E-state index is 12.3. The van der Waals surface area contributed by atoms with Crippen molar-refractivity contribution >= 4 is 16.8 Å². The predicted molar refractivity (Wildman–Crippen MR) is 94.4 cm³/mol. The Morgan fingerprint density at radius 1 is 1.32 bits per heavy atom. The lowest BCUT2D eigenvalue weighted by Gasteiger charge is -2.14. The fourth-order valence-corrected chi connectivity index (χ4v) is 2.48. The molecule has 1 aromatic carbocycles. The highest BCUT2D eigenvalue weighted by Crippen LogP contribution is 2.23. The van der Waals surface area contributed by atoms with Gasteiger partial charge in [-0.3, -0.25) is 9.78 Å². The van der Waals surface area contributed by atoms with Crippen LogP contribution in [-0.4, -0.2) is 34.4 Å². The van der Waals surface area contributed by atoms with Gasteiger partial charge in [0.2, 0.25) is 5.89 Å². The minimum atomic E-state index is -0.218. The minimum absolute atomic E-state index is 0.118. The molecular formula is C19H19N3O3. The first kappa shape index (κ1) is 16.7. The fraction of sp³-hybridized carbons (Fsp3) is 0.211. The molecule has 1 amide bonds. The Bertz CT molecular complexity index is 912. The summed E-state index contributed by atoms with van der Waals surface area (Å²) in [6.07, 6.45) is 3.06. The molecule has 6 heteroatoms. The molecule has 0 fully saturated rings. The molecule has 0 aliphatic carbocycles. The number of ether oxygens (including phenoxy) is 1. The molecule has 0 bridgehead atoms. The third kappa shape index (κ3) is 3.85. The van der Waals surface area contributed by atoms with Gasteiger partial charge in [-0.25, -0.2) is 4.98 Å². The molecule has 0 spiro atoms. The monoisotopic (exact) mass is 337 g/mol. The van der Waals surface area contributed by atoms with Crippen LogP contribution in [0, 0.1) is 0 Å². The third-order valence-electron chi connectivity index (χ3n) is 3.57. The van der Waals surface area contributed by atoms with Crippen LogP contribution in [0.1, 0.15) is 23.3 Å². The number of hydrogen-bond acceptors (Lipinski definition) is 5. The number of benzene rings is 1. The molecule has 0 N–H and O–H groups in total. The van der Waals surface area contributed by atoms with Crippen LogP contribution < -0.4 is 4.74 Å².